The number of carbonyl (C=O) groups excluding carboxylic acids is 1. The van der Waals surface area contributed by atoms with Crippen LogP contribution >= 0.6 is 0 Å². The molecule has 0 aliphatic carbocycles. The van der Waals surface area contributed by atoms with Crippen LogP contribution in [0, 0.1) is 35.0 Å². The molecule has 0 amide bonds. The normalized spacial score (nSPS) is 15.8. The first-order valence-corrected chi connectivity index (χ1v) is 8.41. The summed E-state index contributed by atoms with van der Waals surface area (Å²) in [6, 6.07) is 5.77. The van der Waals surface area contributed by atoms with Crippen LogP contribution in [-0.2, 0) is 0 Å². The van der Waals surface area contributed by atoms with Crippen molar-refractivity contribution in [2.24, 2.45) is 5.92 Å². The van der Waals surface area contributed by atoms with Gasteiger partial charge in [-0.25, -0.2) is 22.0 Å². The Hall–Kier alpha value is -2.48. The monoisotopic (exact) mass is 384 g/mol. The highest BCUT2D eigenvalue weighted by atomic mass is 19.2. The summed E-state index contributed by atoms with van der Waals surface area (Å²) >= 11 is 0. The van der Waals surface area contributed by atoms with Crippen LogP contribution in [0.15, 0.2) is 24.3 Å². The standard InChI is InChI=1S/C19H17F5N2O/c1-26-7-5-10(6-8-26)19(27)11-3-2-4-12(9-11)25-18-16(23)14(21)13(20)15(22)17(18)24/h2-4,9-10,25H,5-8H2,1H3. The fraction of sp³-hybridized carbons (Fsp3) is 0.316. The van der Waals surface area contributed by atoms with E-state index in [-0.39, 0.29) is 17.4 Å². The molecular weight excluding hydrogens is 367 g/mol. The third-order valence-corrected chi connectivity index (χ3v) is 4.72. The summed E-state index contributed by atoms with van der Waals surface area (Å²) in [6.45, 7) is 1.58. The minimum absolute atomic E-state index is 0.0528. The van der Waals surface area contributed by atoms with Gasteiger partial charge in [-0.3, -0.25) is 4.79 Å². The number of nitrogens with zero attached hydrogens (tertiary/aromatic N) is 1. The molecule has 0 unspecified atom stereocenters. The van der Waals surface area contributed by atoms with Crippen molar-refractivity contribution in [3.05, 3.63) is 58.9 Å². The van der Waals surface area contributed by atoms with Crippen molar-refractivity contribution in [2.75, 3.05) is 25.5 Å². The maximum atomic E-state index is 13.8. The third-order valence-electron chi connectivity index (χ3n) is 4.72. The van der Waals surface area contributed by atoms with Gasteiger partial charge in [0.1, 0.15) is 5.69 Å². The molecule has 2 aromatic rings. The summed E-state index contributed by atoms with van der Waals surface area (Å²) in [7, 11) is 1.97. The lowest BCUT2D eigenvalue weighted by atomic mass is 9.89. The van der Waals surface area contributed by atoms with Crippen LogP contribution in [0.4, 0.5) is 33.3 Å². The van der Waals surface area contributed by atoms with E-state index < -0.39 is 34.8 Å². The van der Waals surface area contributed by atoms with Crippen LogP contribution in [0.5, 0.6) is 0 Å². The summed E-state index contributed by atoms with van der Waals surface area (Å²) < 4.78 is 67.4. The first kappa shape index (κ1) is 19.3. The van der Waals surface area contributed by atoms with Crippen molar-refractivity contribution < 1.29 is 26.7 Å². The summed E-state index contributed by atoms with van der Waals surface area (Å²) in [5.74, 6) is -10.5. The molecule has 0 atom stereocenters. The van der Waals surface area contributed by atoms with Gasteiger partial charge in [-0.2, -0.15) is 0 Å². The zero-order chi connectivity index (χ0) is 19.7. The zero-order valence-corrected chi connectivity index (χ0v) is 14.5. The van der Waals surface area contributed by atoms with Gasteiger partial charge in [-0.1, -0.05) is 12.1 Å². The zero-order valence-electron chi connectivity index (χ0n) is 14.5. The predicted molar refractivity (Wildman–Crippen MR) is 90.5 cm³/mol. The molecule has 0 aromatic heterocycles. The van der Waals surface area contributed by atoms with E-state index in [4.69, 9.17) is 0 Å². The summed E-state index contributed by atoms with van der Waals surface area (Å²) in [6.07, 6.45) is 1.40. The van der Waals surface area contributed by atoms with Crippen LogP contribution in [-0.4, -0.2) is 30.8 Å². The highest BCUT2D eigenvalue weighted by Gasteiger charge is 2.27. The van der Waals surface area contributed by atoms with Gasteiger partial charge in [0.25, 0.3) is 0 Å². The van der Waals surface area contributed by atoms with Crippen molar-refractivity contribution >= 4 is 17.2 Å². The van der Waals surface area contributed by atoms with E-state index in [1.807, 2.05) is 7.05 Å². The minimum Gasteiger partial charge on any atom is -0.351 e. The van der Waals surface area contributed by atoms with Gasteiger partial charge >= 0.3 is 0 Å². The molecule has 1 heterocycles. The number of anilines is 2. The number of halogens is 5. The molecule has 1 aliphatic heterocycles. The number of benzene rings is 2. The second kappa shape index (κ2) is 7.64. The molecule has 0 radical (unpaired) electrons. The first-order valence-electron chi connectivity index (χ1n) is 8.41. The molecule has 1 fully saturated rings. The Balaban J connectivity index is 1.86. The molecule has 1 aliphatic rings. The number of rotatable bonds is 4. The van der Waals surface area contributed by atoms with Crippen molar-refractivity contribution in [1.82, 2.24) is 4.90 Å². The van der Waals surface area contributed by atoms with Crippen LogP contribution in [0.1, 0.15) is 23.2 Å². The largest absolute Gasteiger partial charge is 0.351 e. The van der Waals surface area contributed by atoms with Crippen molar-refractivity contribution in [2.45, 2.75) is 12.8 Å². The highest BCUT2D eigenvalue weighted by Crippen LogP contribution is 2.30. The molecule has 144 valence electrons. The van der Waals surface area contributed by atoms with Gasteiger partial charge in [0.2, 0.25) is 5.82 Å². The maximum Gasteiger partial charge on any atom is 0.200 e. The fourth-order valence-electron chi connectivity index (χ4n) is 3.12. The second-order valence-corrected chi connectivity index (χ2v) is 6.59. The fourth-order valence-corrected chi connectivity index (χ4v) is 3.12. The summed E-state index contributed by atoms with van der Waals surface area (Å²) in [5.41, 5.74) is -0.786. The molecule has 0 spiro atoms. The van der Waals surface area contributed by atoms with Crippen LogP contribution in [0.2, 0.25) is 0 Å². The Morgan fingerprint density at radius 3 is 2.11 bits per heavy atom. The van der Waals surface area contributed by atoms with Gasteiger partial charge in [-0.05, 0) is 45.1 Å². The number of piperidine rings is 1. The smallest absolute Gasteiger partial charge is 0.200 e. The molecule has 1 saturated heterocycles. The van der Waals surface area contributed by atoms with Crippen molar-refractivity contribution in [3.63, 3.8) is 0 Å². The average Bonchev–Trinajstić information content (AvgIpc) is 2.68. The van der Waals surface area contributed by atoms with Gasteiger partial charge in [0, 0.05) is 17.2 Å². The Morgan fingerprint density at radius 2 is 1.52 bits per heavy atom. The lowest BCUT2D eigenvalue weighted by Crippen LogP contribution is -2.33. The minimum atomic E-state index is -2.22. The quantitative estimate of drug-likeness (QED) is 0.361. The van der Waals surface area contributed by atoms with Crippen LogP contribution in [0.3, 0.4) is 0 Å². The second-order valence-electron chi connectivity index (χ2n) is 6.59. The molecular formula is C19H17F5N2O. The molecule has 8 heteroatoms. The van der Waals surface area contributed by atoms with Crippen LogP contribution in [0.25, 0.3) is 0 Å². The van der Waals surface area contributed by atoms with Crippen molar-refractivity contribution in [3.8, 4) is 0 Å². The van der Waals surface area contributed by atoms with Gasteiger partial charge in [-0.15, -0.1) is 0 Å². The average molecular weight is 384 g/mol. The SMILES string of the molecule is CN1CCC(C(=O)c2cccc(Nc3c(F)c(F)c(F)c(F)c3F)c2)CC1. The van der Waals surface area contributed by atoms with E-state index >= 15 is 0 Å². The van der Waals surface area contributed by atoms with Gasteiger partial charge in [0.15, 0.2) is 29.1 Å². The van der Waals surface area contributed by atoms with Gasteiger partial charge < -0.3 is 10.2 Å². The maximum absolute atomic E-state index is 13.8. The molecule has 3 rings (SSSR count). The van der Waals surface area contributed by atoms with E-state index in [1.165, 1.54) is 18.2 Å². The summed E-state index contributed by atoms with van der Waals surface area (Å²) in [5, 5.41) is 2.20. The topological polar surface area (TPSA) is 32.3 Å². The van der Waals surface area contributed by atoms with E-state index in [2.05, 4.69) is 10.2 Å². The molecule has 3 nitrogen and oxygen atoms in total. The Kier molecular flexibility index (Phi) is 5.46. The number of nitrogens with one attached hydrogen (secondary N) is 1. The lowest BCUT2D eigenvalue weighted by molar-refractivity contribution is 0.0857. The molecule has 1 N–H and O–H groups in total. The van der Waals surface area contributed by atoms with Crippen molar-refractivity contribution in [1.29, 1.82) is 0 Å². The molecule has 0 bridgehead atoms. The lowest BCUT2D eigenvalue weighted by Gasteiger charge is -2.28. The van der Waals surface area contributed by atoms with Crippen LogP contribution < -0.4 is 5.32 Å². The number of likely N-dealkylation sites (tertiary alicyclic amines) is 1. The van der Waals surface area contributed by atoms with E-state index in [1.54, 1.807) is 6.07 Å². The van der Waals surface area contributed by atoms with E-state index in [9.17, 15) is 26.7 Å². The number of hydrogen-bond donors (Lipinski definition) is 1. The molecule has 0 saturated carbocycles. The third kappa shape index (κ3) is 3.80. The number of carbonyl (C=O) groups is 1. The number of hydrogen-bond acceptors (Lipinski definition) is 3. The number of ketones is 1. The Labute approximate surface area is 152 Å². The molecule has 2 aromatic carbocycles. The van der Waals surface area contributed by atoms with Gasteiger partial charge in [0.05, 0.1) is 0 Å². The van der Waals surface area contributed by atoms with E-state index in [0.717, 1.165) is 13.1 Å². The van der Waals surface area contributed by atoms with E-state index in [0.29, 0.717) is 18.4 Å². The number of Topliss-reactive ketones (excluding diaryl/α,β-unsaturated/α-hetero) is 1. The predicted octanol–water partition coefficient (Wildman–Crippen LogP) is 4.65. The molecule has 27 heavy (non-hydrogen) atoms. The Bertz CT molecular complexity index is 850. The summed E-state index contributed by atoms with van der Waals surface area (Å²) in [4.78, 5) is 14.7. The Morgan fingerprint density at radius 1 is 0.963 bits per heavy atom. The highest BCUT2D eigenvalue weighted by molar-refractivity contribution is 5.98. The first-order chi connectivity index (χ1) is 12.8.